The summed E-state index contributed by atoms with van der Waals surface area (Å²) in [6.45, 7) is 3.93. The van der Waals surface area contributed by atoms with Crippen LogP contribution in [0.25, 0.3) is 0 Å². The van der Waals surface area contributed by atoms with Crippen LogP contribution in [0.4, 0.5) is 0 Å². The normalized spacial score (nSPS) is 41.2. The van der Waals surface area contributed by atoms with E-state index in [1.807, 2.05) is 38.2 Å². The highest BCUT2D eigenvalue weighted by Gasteiger charge is 2.65. The molecule has 3 heteroatoms. The van der Waals surface area contributed by atoms with Crippen molar-refractivity contribution in [1.29, 1.82) is 0 Å². The lowest BCUT2D eigenvalue weighted by atomic mass is 9.47. The minimum atomic E-state index is -0.477. The number of hydrogen-bond donors (Lipinski definition) is 0. The molecule has 0 aromatic rings. The highest BCUT2D eigenvalue weighted by molar-refractivity contribution is 6.17. The predicted octanol–water partition coefficient (Wildman–Crippen LogP) is 1.52. The molecule has 0 saturated carbocycles. The highest BCUT2D eigenvalue weighted by atomic mass is 16.6. The van der Waals surface area contributed by atoms with E-state index in [0.29, 0.717) is 11.1 Å². The van der Waals surface area contributed by atoms with Gasteiger partial charge in [0.25, 0.3) is 0 Å². The summed E-state index contributed by atoms with van der Waals surface area (Å²) < 4.78 is 4.65. The molecule has 0 bridgehead atoms. The summed E-state index contributed by atoms with van der Waals surface area (Å²) >= 11 is 0. The number of fused-ring (bicyclic) bond motifs is 3. The molecule has 76 valence electrons. The largest absolute Gasteiger partial charge is 0.386 e. The van der Waals surface area contributed by atoms with Gasteiger partial charge < -0.3 is 4.74 Å². The Labute approximate surface area is 87.1 Å². The van der Waals surface area contributed by atoms with Gasteiger partial charge in [0.1, 0.15) is 0 Å². The SMILES string of the molecule is CC12C=CC=CC1(C)C1=C2C(=O)OC1=O. The average molecular weight is 202 g/mol. The Morgan fingerprint density at radius 3 is 1.73 bits per heavy atom. The van der Waals surface area contributed by atoms with Crippen molar-refractivity contribution in [3.05, 3.63) is 35.5 Å². The number of allylic oxidation sites excluding steroid dienone is 4. The lowest BCUT2D eigenvalue weighted by Gasteiger charge is -2.52. The quantitative estimate of drug-likeness (QED) is 0.442. The Bertz CT molecular complexity index is 451. The van der Waals surface area contributed by atoms with E-state index in [4.69, 9.17) is 0 Å². The van der Waals surface area contributed by atoms with Crippen molar-refractivity contribution in [2.45, 2.75) is 13.8 Å². The lowest BCUT2D eigenvalue weighted by molar-refractivity contribution is -0.150. The average Bonchev–Trinajstić information content (AvgIpc) is 2.44. The number of hydrogen-bond acceptors (Lipinski definition) is 3. The van der Waals surface area contributed by atoms with E-state index in [1.54, 1.807) is 0 Å². The first-order valence-electron chi connectivity index (χ1n) is 4.89. The van der Waals surface area contributed by atoms with Crippen LogP contribution in [0.1, 0.15) is 13.8 Å². The second-order valence-electron chi connectivity index (χ2n) is 4.55. The maximum absolute atomic E-state index is 11.5. The van der Waals surface area contributed by atoms with Crippen molar-refractivity contribution >= 4 is 11.9 Å². The number of esters is 2. The van der Waals surface area contributed by atoms with Gasteiger partial charge in [0.15, 0.2) is 0 Å². The Balaban J connectivity index is 2.29. The topological polar surface area (TPSA) is 43.4 Å². The zero-order valence-electron chi connectivity index (χ0n) is 8.53. The summed E-state index contributed by atoms with van der Waals surface area (Å²) in [5.41, 5.74) is 0.326. The zero-order valence-corrected chi connectivity index (χ0v) is 8.53. The van der Waals surface area contributed by atoms with Gasteiger partial charge in [-0.1, -0.05) is 38.2 Å². The third kappa shape index (κ3) is 0.674. The van der Waals surface area contributed by atoms with Crippen molar-refractivity contribution in [1.82, 2.24) is 0 Å². The summed E-state index contributed by atoms with van der Waals surface area (Å²) in [5.74, 6) is -0.954. The van der Waals surface area contributed by atoms with Crippen molar-refractivity contribution in [3.8, 4) is 0 Å². The van der Waals surface area contributed by atoms with E-state index in [-0.39, 0.29) is 10.8 Å². The molecule has 3 rings (SSSR count). The summed E-state index contributed by atoms with van der Waals surface area (Å²) in [5, 5.41) is 0. The van der Waals surface area contributed by atoms with Gasteiger partial charge in [0.2, 0.25) is 0 Å². The molecule has 1 heterocycles. The second-order valence-corrected chi connectivity index (χ2v) is 4.55. The fourth-order valence-corrected chi connectivity index (χ4v) is 2.80. The molecule has 0 radical (unpaired) electrons. The molecular formula is C12H10O3. The molecule has 3 nitrogen and oxygen atoms in total. The standard InChI is InChI=1S/C12H10O3/c1-11-5-3-4-6-12(11,2)8-7(11)9(13)15-10(8)14/h3-6H,1-2H3. The van der Waals surface area contributed by atoms with Gasteiger partial charge in [-0.05, 0) is 0 Å². The maximum Gasteiger partial charge on any atom is 0.343 e. The van der Waals surface area contributed by atoms with Gasteiger partial charge in [-0.2, -0.15) is 0 Å². The Kier molecular flexibility index (Phi) is 1.23. The molecule has 0 fully saturated rings. The second kappa shape index (κ2) is 2.13. The molecule has 0 spiro atoms. The fraction of sp³-hybridized carbons (Fsp3) is 0.333. The Hall–Kier alpha value is -1.64. The molecule has 0 N–H and O–H groups in total. The van der Waals surface area contributed by atoms with Crippen LogP contribution in [0, 0.1) is 10.8 Å². The van der Waals surface area contributed by atoms with Gasteiger partial charge in [-0.25, -0.2) is 9.59 Å². The van der Waals surface area contributed by atoms with Crippen LogP contribution in [-0.4, -0.2) is 11.9 Å². The predicted molar refractivity (Wildman–Crippen MR) is 52.6 cm³/mol. The van der Waals surface area contributed by atoms with E-state index in [9.17, 15) is 9.59 Å². The van der Waals surface area contributed by atoms with Gasteiger partial charge in [-0.3, -0.25) is 0 Å². The molecule has 0 aromatic heterocycles. The molecular weight excluding hydrogens is 192 g/mol. The van der Waals surface area contributed by atoms with Crippen LogP contribution >= 0.6 is 0 Å². The third-order valence-corrected chi connectivity index (χ3v) is 3.93. The van der Waals surface area contributed by atoms with Crippen LogP contribution in [0.2, 0.25) is 0 Å². The molecule has 15 heavy (non-hydrogen) atoms. The van der Waals surface area contributed by atoms with E-state index in [0.717, 1.165) is 0 Å². The van der Waals surface area contributed by atoms with Crippen molar-refractivity contribution in [3.63, 3.8) is 0 Å². The highest BCUT2D eigenvalue weighted by Crippen LogP contribution is 2.65. The number of rotatable bonds is 0. The monoisotopic (exact) mass is 202 g/mol. The van der Waals surface area contributed by atoms with Crippen molar-refractivity contribution in [2.75, 3.05) is 0 Å². The molecule has 0 saturated heterocycles. The van der Waals surface area contributed by atoms with Crippen molar-refractivity contribution < 1.29 is 14.3 Å². The van der Waals surface area contributed by atoms with Crippen LogP contribution in [-0.2, 0) is 14.3 Å². The molecule has 2 atom stereocenters. The van der Waals surface area contributed by atoms with Crippen LogP contribution in [0.3, 0.4) is 0 Å². The molecule has 3 aliphatic rings. The smallest absolute Gasteiger partial charge is 0.343 e. The Morgan fingerprint density at radius 1 is 0.933 bits per heavy atom. The van der Waals surface area contributed by atoms with Gasteiger partial charge in [-0.15, -0.1) is 0 Å². The molecule has 2 aliphatic carbocycles. The molecule has 1 aliphatic heterocycles. The zero-order chi connectivity index (χ0) is 10.8. The number of ether oxygens (including phenoxy) is 1. The molecule has 0 amide bonds. The first kappa shape index (κ1) is 8.65. The summed E-state index contributed by atoms with van der Waals surface area (Å²) in [6, 6.07) is 0. The van der Waals surface area contributed by atoms with Gasteiger partial charge >= 0.3 is 11.9 Å². The van der Waals surface area contributed by atoms with Gasteiger partial charge in [0, 0.05) is 10.8 Å². The molecule has 2 unspecified atom stereocenters. The third-order valence-electron chi connectivity index (χ3n) is 3.93. The van der Waals surface area contributed by atoms with Gasteiger partial charge in [0.05, 0.1) is 11.1 Å². The lowest BCUT2D eigenvalue weighted by Crippen LogP contribution is -2.49. The summed E-state index contributed by atoms with van der Waals surface area (Å²) in [6.07, 6.45) is 7.74. The van der Waals surface area contributed by atoms with Crippen LogP contribution < -0.4 is 0 Å². The van der Waals surface area contributed by atoms with E-state index in [1.165, 1.54) is 0 Å². The first-order valence-corrected chi connectivity index (χ1v) is 4.89. The number of carbonyl (C=O) groups is 2. The first-order chi connectivity index (χ1) is 7.01. The number of cyclic esters (lactones) is 2. The summed E-state index contributed by atoms with van der Waals surface area (Å²) in [7, 11) is 0. The minimum absolute atomic E-state index is 0.375. The minimum Gasteiger partial charge on any atom is -0.386 e. The van der Waals surface area contributed by atoms with E-state index < -0.39 is 11.9 Å². The maximum atomic E-state index is 11.5. The Morgan fingerprint density at radius 2 is 1.33 bits per heavy atom. The summed E-state index contributed by atoms with van der Waals surface area (Å²) in [4.78, 5) is 23.0. The van der Waals surface area contributed by atoms with Crippen LogP contribution in [0.5, 0.6) is 0 Å². The van der Waals surface area contributed by atoms with Crippen LogP contribution in [0.15, 0.2) is 35.5 Å². The number of carbonyl (C=O) groups excluding carboxylic acids is 2. The van der Waals surface area contributed by atoms with E-state index >= 15 is 0 Å². The molecule has 0 aromatic carbocycles. The van der Waals surface area contributed by atoms with E-state index in [2.05, 4.69) is 4.74 Å². The van der Waals surface area contributed by atoms with Crippen molar-refractivity contribution in [2.24, 2.45) is 10.8 Å². The fourth-order valence-electron chi connectivity index (χ4n) is 2.80.